The fourth-order valence-corrected chi connectivity index (χ4v) is 3.16. The molecule has 3 rings (SSSR count). The average Bonchev–Trinajstić information content (AvgIpc) is 3.29. The Hall–Kier alpha value is -2.93. The highest BCUT2D eigenvalue weighted by atomic mass is 16.5. The molecule has 1 N–H and O–H groups in total. The van der Waals surface area contributed by atoms with E-state index in [4.69, 9.17) is 23.7 Å². The third kappa shape index (κ3) is 5.32. The van der Waals surface area contributed by atoms with Crippen LogP contribution in [0.5, 0.6) is 23.0 Å². The molecule has 0 radical (unpaired) electrons. The number of methoxy groups -OCH3 is 3. The lowest BCUT2D eigenvalue weighted by Crippen LogP contribution is -2.23. The van der Waals surface area contributed by atoms with E-state index in [0.29, 0.717) is 41.7 Å². The van der Waals surface area contributed by atoms with Crippen molar-refractivity contribution in [2.24, 2.45) is 0 Å². The highest BCUT2D eigenvalue weighted by Gasteiger charge is 2.17. The molecule has 2 aromatic carbocycles. The number of nitrogens with one attached hydrogen (secondary N) is 1. The molecule has 2 aromatic rings. The number of carbonyl (C=O) groups is 1. The van der Waals surface area contributed by atoms with Crippen molar-refractivity contribution in [3.63, 3.8) is 0 Å². The Bertz CT molecular complexity index is 832. The fourth-order valence-electron chi connectivity index (χ4n) is 3.16. The summed E-state index contributed by atoms with van der Waals surface area (Å²) in [7, 11) is 4.69. The van der Waals surface area contributed by atoms with Crippen LogP contribution in [0.3, 0.4) is 0 Å². The summed E-state index contributed by atoms with van der Waals surface area (Å²) in [6, 6.07) is 10.7. The molecule has 1 amide bonds. The van der Waals surface area contributed by atoms with E-state index in [2.05, 4.69) is 5.32 Å². The molecule has 1 unspecified atom stereocenters. The van der Waals surface area contributed by atoms with Crippen molar-refractivity contribution in [2.45, 2.75) is 25.5 Å². The Labute approximate surface area is 170 Å². The number of hydrogen-bond acceptors (Lipinski definition) is 6. The zero-order valence-corrected chi connectivity index (χ0v) is 17.0. The molecular formula is C22H27NO6. The van der Waals surface area contributed by atoms with Gasteiger partial charge < -0.3 is 29.0 Å². The maximum Gasteiger partial charge on any atom is 0.251 e. The summed E-state index contributed by atoms with van der Waals surface area (Å²) in [4.78, 5) is 12.5. The first-order chi connectivity index (χ1) is 14.1. The summed E-state index contributed by atoms with van der Waals surface area (Å²) in [6.45, 7) is 1.66. The van der Waals surface area contributed by atoms with E-state index in [-0.39, 0.29) is 12.0 Å². The van der Waals surface area contributed by atoms with Gasteiger partial charge in [0.15, 0.2) is 23.0 Å². The van der Waals surface area contributed by atoms with Crippen LogP contribution in [0.1, 0.15) is 28.8 Å². The normalized spacial score (nSPS) is 15.6. The van der Waals surface area contributed by atoms with Gasteiger partial charge in [-0.3, -0.25) is 4.79 Å². The largest absolute Gasteiger partial charge is 0.493 e. The predicted octanol–water partition coefficient (Wildman–Crippen LogP) is 3.20. The molecule has 7 nitrogen and oxygen atoms in total. The van der Waals surface area contributed by atoms with Crippen molar-refractivity contribution in [3.8, 4) is 23.0 Å². The maximum absolute atomic E-state index is 12.5. The van der Waals surface area contributed by atoms with Crippen LogP contribution in [-0.4, -0.2) is 46.6 Å². The van der Waals surface area contributed by atoms with E-state index < -0.39 is 0 Å². The van der Waals surface area contributed by atoms with Gasteiger partial charge >= 0.3 is 0 Å². The summed E-state index contributed by atoms with van der Waals surface area (Å²) in [5, 5.41) is 2.90. The van der Waals surface area contributed by atoms with Crippen LogP contribution in [0.2, 0.25) is 0 Å². The Morgan fingerprint density at radius 2 is 1.72 bits per heavy atom. The van der Waals surface area contributed by atoms with Crippen molar-refractivity contribution in [1.82, 2.24) is 5.32 Å². The standard InChI is InChI=1S/C22H27NO6/c1-25-18-9-7-16(12-21(18)27-3)22(24)23-13-15-6-8-19(20(11-15)26-2)29-14-17-5-4-10-28-17/h6-9,11-12,17H,4-5,10,13-14H2,1-3H3,(H,23,24). The van der Waals surface area contributed by atoms with Gasteiger partial charge in [0.05, 0.1) is 27.4 Å². The summed E-state index contributed by atoms with van der Waals surface area (Å²) in [6.07, 6.45) is 2.23. The lowest BCUT2D eigenvalue weighted by molar-refractivity contribution is 0.0669. The highest BCUT2D eigenvalue weighted by molar-refractivity contribution is 5.94. The van der Waals surface area contributed by atoms with E-state index in [1.165, 1.54) is 7.11 Å². The van der Waals surface area contributed by atoms with Gasteiger partial charge in [-0.2, -0.15) is 0 Å². The molecule has 0 bridgehead atoms. The van der Waals surface area contributed by atoms with Crippen molar-refractivity contribution in [3.05, 3.63) is 47.5 Å². The highest BCUT2D eigenvalue weighted by Crippen LogP contribution is 2.29. The van der Waals surface area contributed by atoms with Gasteiger partial charge in [-0.05, 0) is 48.7 Å². The number of carbonyl (C=O) groups excluding carboxylic acids is 1. The van der Waals surface area contributed by atoms with E-state index in [1.54, 1.807) is 32.4 Å². The molecule has 0 saturated carbocycles. The number of ether oxygens (including phenoxy) is 5. The first kappa shape index (κ1) is 20.8. The van der Waals surface area contributed by atoms with Gasteiger partial charge in [0.25, 0.3) is 5.91 Å². The second kappa shape index (κ2) is 10.0. The van der Waals surface area contributed by atoms with Crippen LogP contribution in [0.25, 0.3) is 0 Å². The van der Waals surface area contributed by atoms with Gasteiger partial charge in [0, 0.05) is 18.7 Å². The third-order valence-corrected chi connectivity index (χ3v) is 4.78. The van der Waals surface area contributed by atoms with Crippen LogP contribution in [0.15, 0.2) is 36.4 Å². The lowest BCUT2D eigenvalue weighted by atomic mass is 10.1. The zero-order valence-electron chi connectivity index (χ0n) is 17.0. The second-order valence-electron chi connectivity index (χ2n) is 6.68. The van der Waals surface area contributed by atoms with Crippen molar-refractivity contribution in [1.29, 1.82) is 0 Å². The molecule has 0 spiro atoms. The van der Waals surface area contributed by atoms with Gasteiger partial charge in [-0.25, -0.2) is 0 Å². The van der Waals surface area contributed by atoms with Crippen molar-refractivity contribution >= 4 is 5.91 Å². The number of rotatable bonds is 9. The summed E-state index contributed by atoms with van der Waals surface area (Å²) in [5.41, 5.74) is 1.39. The molecule has 1 aliphatic heterocycles. The van der Waals surface area contributed by atoms with E-state index >= 15 is 0 Å². The topological polar surface area (TPSA) is 75.3 Å². The molecule has 0 aromatic heterocycles. The first-order valence-corrected chi connectivity index (χ1v) is 9.56. The molecule has 7 heteroatoms. The quantitative estimate of drug-likeness (QED) is 0.696. The SMILES string of the molecule is COc1ccc(C(=O)NCc2ccc(OCC3CCCO3)c(OC)c2)cc1OC. The van der Waals surface area contributed by atoms with Crippen molar-refractivity contribution < 1.29 is 28.5 Å². The minimum atomic E-state index is -0.205. The lowest BCUT2D eigenvalue weighted by Gasteiger charge is -2.15. The molecular weight excluding hydrogens is 374 g/mol. The average molecular weight is 401 g/mol. The maximum atomic E-state index is 12.5. The Morgan fingerprint density at radius 1 is 1.00 bits per heavy atom. The minimum Gasteiger partial charge on any atom is -0.493 e. The number of amides is 1. The Kier molecular flexibility index (Phi) is 7.19. The molecule has 1 saturated heterocycles. The predicted molar refractivity (Wildman–Crippen MR) is 108 cm³/mol. The van der Waals surface area contributed by atoms with E-state index in [9.17, 15) is 4.79 Å². The summed E-state index contributed by atoms with van der Waals surface area (Å²) >= 11 is 0. The van der Waals surface area contributed by atoms with Crippen molar-refractivity contribution in [2.75, 3.05) is 34.5 Å². The number of hydrogen-bond donors (Lipinski definition) is 1. The summed E-state index contributed by atoms with van der Waals surface area (Å²) in [5.74, 6) is 2.17. The molecule has 156 valence electrons. The molecule has 1 heterocycles. The zero-order chi connectivity index (χ0) is 20.6. The summed E-state index contributed by atoms with van der Waals surface area (Å²) < 4.78 is 27.3. The molecule has 0 aliphatic carbocycles. The molecule has 1 fully saturated rings. The van der Waals surface area contributed by atoms with Gasteiger partial charge in [-0.15, -0.1) is 0 Å². The monoisotopic (exact) mass is 401 g/mol. The fraction of sp³-hybridized carbons (Fsp3) is 0.409. The van der Waals surface area contributed by atoms with Crippen LogP contribution < -0.4 is 24.3 Å². The van der Waals surface area contributed by atoms with Gasteiger partial charge in [0.1, 0.15) is 6.61 Å². The van der Waals surface area contributed by atoms with Crippen LogP contribution in [0, 0.1) is 0 Å². The third-order valence-electron chi connectivity index (χ3n) is 4.78. The van der Waals surface area contributed by atoms with Crippen LogP contribution in [-0.2, 0) is 11.3 Å². The van der Waals surface area contributed by atoms with E-state index in [0.717, 1.165) is 25.0 Å². The van der Waals surface area contributed by atoms with Crippen LogP contribution in [0.4, 0.5) is 0 Å². The number of benzene rings is 2. The molecule has 1 aliphatic rings. The first-order valence-electron chi connectivity index (χ1n) is 9.56. The smallest absolute Gasteiger partial charge is 0.251 e. The molecule has 29 heavy (non-hydrogen) atoms. The van der Waals surface area contributed by atoms with Gasteiger partial charge in [0.2, 0.25) is 0 Å². The molecule has 1 atom stereocenters. The minimum absolute atomic E-state index is 0.139. The van der Waals surface area contributed by atoms with Gasteiger partial charge in [-0.1, -0.05) is 6.07 Å². The Balaban J connectivity index is 1.60. The Morgan fingerprint density at radius 3 is 2.41 bits per heavy atom. The van der Waals surface area contributed by atoms with E-state index in [1.807, 2.05) is 18.2 Å². The van der Waals surface area contributed by atoms with Crippen LogP contribution >= 0.6 is 0 Å². The second-order valence-corrected chi connectivity index (χ2v) is 6.68.